The lowest BCUT2D eigenvalue weighted by Gasteiger charge is -2.23. The van der Waals surface area contributed by atoms with Gasteiger partial charge < -0.3 is 9.30 Å². The van der Waals surface area contributed by atoms with Gasteiger partial charge in [-0.05, 0) is 43.5 Å². The van der Waals surface area contributed by atoms with Crippen LogP contribution in [0.2, 0.25) is 0 Å². The summed E-state index contributed by atoms with van der Waals surface area (Å²) in [4.78, 5) is 12.3. The van der Waals surface area contributed by atoms with Gasteiger partial charge in [-0.2, -0.15) is 5.10 Å². The largest absolute Gasteiger partial charge is 0.496 e. The fraction of sp³-hybridized carbons (Fsp3) is 0.400. The van der Waals surface area contributed by atoms with Gasteiger partial charge in [-0.3, -0.25) is 4.79 Å². The molecule has 1 N–H and O–H groups in total. The predicted molar refractivity (Wildman–Crippen MR) is 99.3 cm³/mol. The summed E-state index contributed by atoms with van der Waals surface area (Å²) >= 11 is 0. The van der Waals surface area contributed by atoms with Gasteiger partial charge >= 0.3 is 0 Å². The summed E-state index contributed by atoms with van der Waals surface area (Å²) in [6.45, 7) is 1.96. The first-order chi connectivity index (χ1) is 12.2. The second-order valence-electron chi connectivity index (χ2n) is 6.59. The zero-order valence-electron chi connectivity index (χ0n) is 14.9. The number of aryl methyl sites for hydroxylation is 1. The van der Waals surface area contributed by atoms with E-state index in [-0.39, 0.29) is 5.91 Å². The van der Waals surface area contributed by atoms with Gasteiger partial charge in [0.2, 0.25) is 0 Å². The summed E-state index contributed by atoms with van der Waals surface area (Å²) in [5.41, 5.74) is 5.08. The van der Waals surface area contributed by atoms with Crippen LogP contribution in [0.15, 0.2) is 41.8 Å². The Balaban J connectivity index is 1.61. The Morgan fingerprint density at radius 3 is 2.84 bits per heavy atom. The Hall–Kier alpha value is -2.56. The van der Waals surface area contributed by atoms with Gasteiger partial charge in [0.15, 0.2) is 0 Å². The fourth-order valence-electron chi connectivity index (χ4n) is 3.32. The molecule has 0 unspecified atom stereocenters. The average molecular weight is 339 g/mol. The van der Waals surface area contributed by atoms with Crippen LogP contribution in [0.25, 0.3) is 0 Å². The van der Waals surface area contributed by atoms with E-state index in [9.17, 15) is 4.79 Å². The van der Waals surface area contributed by atoms with Gasteiger partial charge in [0.05, 0.1) is 18.9 Å². The summed E-state index contributed by atoms with van der Waals surface area (Å²) < 4.78 is 7.54. The van der Waals surface area contributed by atoms with Crippen molar-refractivity contribution in [3.63, 3.8) is 0 Å². The van der Waals surface area contributed by atoms with Crippen LogP contribution in [-0.2, 0) is 0 Å². The number of carbonyl (C=O) groups excluding carboxylic acids is 1. The van der Waals surface area contributed by atoms with Crippen LogP contribution in [-0.4, -0.2) is 23.8 Å². The van der Waals surface area contributed by atoms with Crippen LogP contribution >= 0.6 is 0 Å². The minimum absolute atomic E-state index is 0.278. The Bertz CT molecular complexity index is 758. The summed E-state index contributed by atoms with van der Waals surface area (Å²) in [5, 5.41) is 4.08. The maximum absolute atomic E-state index is 12.3. The third-order valence-electron chi connectivity index (χ3n) is 4.71. The first-order valence-electron chi connectivity index (χ1n) is 8.83. The summed E-state index contributed by atoms with van der Waals surface area (Å²) in [6.07, 6.45) is 12.3. The highest BCUT2D eigenvalue weighted by Gasteiger charge is 2.14. The number of carbonyl (C=O) groups is 1. The zero-order chi connectivity index (χ0) is 17.6. The van der Waals surface area contributed by atoms with Crippen molar-refractivity contribution in [2.24, 2.45) is 5.10 Å². The number of aromatic nitrogens is 1. The number of amides is 1. The zero-order valence-corrected chi connectivity index (χ0v) is 14.9. The summed E-state index contributed by atoms with van der Waals surface area (Å²) in [5.74, 6) is 0.274. The van der Waals surface area contributed by atoms with Crippen LogP contribution in [0.1, 0.15) is 59.6 Å². The van der Waals surface area contributed by atoms with E-state index in [1.807, 2.05) is 25.1 Å². The number of methoxy groups -OCH3 is 1. The molecule has 3 rings (SSSR count). The molecule has 132 valence electrons. The second-order valence-corrected chi connectivity index (χ2v) is 6.59. The van der Waals surface area contributed by atoms with E-state index in [1.54, 1.807) is 19.4 Å². The molecule has 1 saturated carbocycles. The van der Waals surface area contributed by atoms with Crippen LogP contribution in [0.5, 0.6) is 5.75 Å². The minimum atomic E-state index is -0.278. The molecule has 25 heavy (non-hydrogen) atoms. The van der Waals surface area contributed by atoms with Crippen molar-refractivity contribution in [2.45, 2.75) is 45.1 Å². The quantitative estimate of drug-likeness (QED) is 0.659. The third-order valence-corrected chi connectivity index (χ3v) is 4.71. The standard InChI is InChI=1S/C20H25N3O2/c1-15-8-9-18(19(12-15)25-2)20(24)22-21-13-16-10-11-23(14-16)17-6-4-3-5-7-17/h8-14,17H,3-7H2,1-2H3,(H,22,24)/b21-13-. The van der Waals surface area contributed by atoms with Gasteiger partial charge in [0.1, 0.15) is 5.75 Å². The molecule has 5 nitrogen and oxygen atoms in total. The van der Waals surface area contributed by atoms with E-state index in [0.717, 1.165) is 11.1 Å². The van der Waals surface area contributed by atoms with Gasteiger partial charge in [-0.25, -0.2) is 5.43 Å². The molecule has 0 bridgehead atoms. The highest BCUT2D eigenvalue weighted by atomic mass is 16.5. The molecular weight excluding hydrogens is 314 g/mol. The Morgan fingerprint density at radius 1 is 1.28 bits per heavy atom. The highest BCUT2D eigenvalue weighted by molar-refractivity contribution is 5.97. The van der Waals surface area contributed by atoms with E-state index >= 15 is 0 Å². The van der Waals surface area contributed by atoms with Crippen LogP contribution in [0, 0.1) is 6.92 Å². The molecule has 1 aliphatic carbocycles. The predicted octanol–water partition coefficient (Wildman–Crippen LogP) is 4.07. The van der Waals surface area contributed by atoms with Gasteiger partial charge in [0, 0.05) is 24.0 Å². The van der Waals surface area contributed by atoms with E-state index in [1.165, 1.54) is 32.1 Å². The monoisotopic (exact) mass is 339 g/mol. The molecule has 0 spiro atoms. The number of rotatable bonds is 5. The second kappa shape index (κ2) is 8.01. The minimum Gasteiger partial charge on any atom is -0.496 e. The van der Waals surface area contributed by atoms with E-state index in [2.05, 4.69) is 27.5 Å². The van der Waals surface area contributed by atoms with Crippen LogP contribution < -0.4 is 10.2 Å². The maximum Gasteiger partial charge on any atom is 0.275 e. The average Bonchev–Trinajstić information content (AvgIpc) is 3.11. The smallest absolute Gasteiger partial charge is 0.275 e. The van der Waals surface area contributed by atoms with Crippen molar-refractivity contribution in [1.82, 2.24) is 9.99 Å². The number of ether oxygens (including phenoxy) is 1. The number of hydrogen-bond acceptors (Lipinski definition) is 3. The molecular formula is C20H25N3O2. The first kappa shape index (κ1) is 17.3. The molecule has 1 aromatic carbocycles. The van der Waals surface area contributed by atoms with Gasteiger partial charge in [-0.1, -0.05) is 25.3 Å². The SMILES string of the molecule is COc1cc(C)ccc1C(=O)N/N=C\c1ccn(C2CCCCC2)c1. The lowest BCUT2D eigenvalue weighted by molar-refractivity contribution is 0.0952. The third kappa shape index (κ3) is 4.29. The number of hydrogen-bond donors (Lipinski definition) is 1. The number of nitrogens with zero attached hydrogens (tertiary/aromatic N) is 2. The van der Waals surface area contributed by atoms with E-state index in [4.69, 9.17) is 4.74 Å². The molecule has 0 saturated heterocycles. The molecule has 1 heterocycles. The maximum atomic E-state index is 12.3. The summed E-state index contributed by atoms with van der Waals surface area (Å²) in [6, 6.07) is 8.09. The molecule has 1 aromatic heterocycles. The highest BCUT2D eigenvalue weighted by Crippen LogP contribution is 2.28. The number of nitrogens with one attached hydrogen (secondary N) is 1. The van der Waals surface area contributed by atoms with Crippen molar-refractivity contribution in [3.8, 4) is 5.75 Å². The first-order valence-corrected chi connectivity index (χ1v) is 8.83. The van der Waals surface area contributed by atoms with Crippen LogP contribution in [0.3, 0.4) is 0 Å². The lowest BCUT2D eigenvalue weighted by Crippen LogP contribution is -2.18. The Kier molecular flexibility index (Phi) is 5.53. The summed E-state index contributed by atoms with van der Waals surface area (Å²) in [7, 11) is 1.56. The van der Waals surface area contributed by atoms with Crippen molar-refractivity contribution < 1.29 is 9.53 Å². The number of benzene rings is 1. The van der Waals surface area contributed by atoms with Crippen molar-refractivity contribution >= 4 is 12.1 Å². The van der Waals surface area contributed by atoms with E-state index in [0.29, 0.717) is 17.4 Å². The molecule has 0 atom stereocenters. The lowest BCUT2D eigenvalue weighted by atomic mass is 9.95. The molecule has 5 heteroatoms. The van der Waals surface area contributed by atoms with E-state index < -0.39 is 0 Å². The Labute approximate surface area is 148 Å². The molecule has 1 amide bonds. The van der Waals surface area contributed by atoms with Gasteiger partial charge in [0.25, 0.3) is 5.91 Å². The number of hydrazone groups is 1. The topological polar surface area (TPSA) is 55.6 Å². The Morgan fingerprint density at radius 2 is 2.08 bits per heavy atom. The van der Waals surface area contributed by atoms with Crippen molar-refractivity contribution in [3.05, 3.63) is 53.3 Å². The molecule has 2 aromatic rings. The fourth-order valence-corrected chi connectivity index (χ4v) is 3.32. The molecule has 0 radical (unpaired) electrons. The molecule has 1 aliphatic rings. The van der Waals surface area contributed by atoms with Crippen molar-refractivity contribution in [2.75, 3.05) is 7.11 Å². The normalized spacial score (nSPS) is 15.4. The molecule has 0 aliphatic heterocycles. The van der Waals surface area contributed by atoms with Crippen LogP contribution in [0.4, 0.5) is 0 Å². The molecule has 1 fully saturated rings. The van der Waals surface area contributed by atoms with Gasteiger partial charge in [-0.15, -0.1) is 0 Å². The van der Waals surface area contributed by atoms with Crippen molar-refractivity contribution in [1.29, 1.82) is 0 Å².